The van der Waals surface area contributed by atoms with Crippen molar-refractivity contribution in [2.75, 3.05) is 5.32 Å². The topological polar surface area (TPSA) is 123 Å². The minimum absolute atomic E-state index is 0.152. The van der Waals surface area contributed by atoms with Crippen molar-refractivity contribution in [1.29, 1.82) is 0 Å². The van der Waals surface area contributed by atoms with Crippen molar-refractivity contribution >= 4 is 22.6 Å². The van der Waals surface area contributed by atoms with Crippen molar-refractivity contribution in [3.8, 4) is 22.8 Å². The number of fused-ring (bicyclic) bond motifs is 1. The van der Waals surface area contributed by atoms with E-state index >= 15 is 0 Å². The van der Waals surface area contributed by atoms with Crippen molar-refractivity contribution < 1.29 is 9.32 Å². The molecule has 158 valence electrons. The number of amides is 1. The Balaban J connectivity index is 1.69. The van der Waals surface area contributed by atoms with E-state index in [-0.39, 0.29) is 11.8 Å². The van der Waals surface area contributed by atoms with Crippen LogP contribution in [0, 0.1) is 5.92 Å². The van der Waals surface area contributed by atoms with E-state index in [2.05, 4.69) is 20.4 Å². The average Bonchev–Trinajstić information content (AvgIpc) is 3.21. The molecular weight excluding hydrogens is 398 g/mol. The Morgan fingerprint density at radius 1 is 1.13 bits per heavy atom. The molecule has 4 rings (SSSR count). The molecule has 2 aromatic heterocycles. The van der Waals surface area contributed by atoms with Gasteiger partial charge in [-0.1, -0.05) is 19.0 Å². The Kier molecular flexibility index (Phi) is 5.24. The molecule has 2 aromatic carbocycles. The molecular formula is C22H21N5O4. The molecule has 0 bridgehead atoms. The van der Waals surface area contributed by atoms with Crippen LogP contribution in [0.15, 0.2) is 56.6 Å². The number of H-pyrrole nitrogens is 1. The van der Waals surface area contributed by atoms with Crippen molar-refractivity contribution in [2.45, 2.75) is 27.3 Å². The molecule has 9 nitrogen and oxygen atoms in total. The van der Waals surface area contributed by atoms with Crippen molar-refractivity contribution in [3.05, 3.63) is 63.2 Å². The molecule has 31 heavy (non-hydrogen) atoms. The Hall–Kier alpha value is -4.01. The van der Waals surface area contributed by atoms with Crippen LogP contribution in [0.1, 0.15) is 20.8 Å². The van der Waals surface area contributed by atoms with E-state index in [1.165, 1.54) is 11.5 Å². The van der Waals surface area contributed by atoms with Gasteiger partial charge in [0.1, 0.15) is 0 Å². The van der Waals surface area contributed by atoms with Gasteiger partial charge in [0.2, 0.25) is 11.7 Å². The Morgan fingerprint density at radius 3 is 2.52 bits per heavy atom. The summed E-state index contributed by atoms with van der Waals surface area (Å²) < 4.78 is 6.87. The predicted octanol–water partition coefficient (Wildman–Crippen LogP) is 3.02. The van der Waals surface area contributed by atoms with E-state index in [9.17, 15) is 14.4 Å². The number of benzene rings is 2. The minimum Gasteiger partial charge on any atom is -0.334 e. The molecule has 2 N–H and O–H groups in total. The molecule has 0 saturated carbocycles. The smallest absolute Gasteiger partial charge is 0.316 e. The first-order chi connectivity index (χ1) is 14.8. The lowest BCUT2D eigenvalue weighted by atomic mass is 10.1. The maximum absolute atomic E-state index is 12.3. The Labute approximate surface area is 176 Å². The van der Waals surface area contributed by atoms with Gasteiger partial charge in [-0.25, -0.2) is 0 Å². The highest BCUT2D eigenvalue weighted by Crippen LogP contribution is 2.25. The number of rotatable bonds is 5. The zero-order chi connectivity index (χ0) is 22.1. The van der Waals surface area contributed by atoms with Gasteiger partial charge in [-0.15, -0.1) is 0 Å². The van der Waals surface area contributed by atoms with Crippen LogP contribution in [0.2, 0.25) is 0 Å². The van der Waals surface area contributed by atoms with E-state index < -0.39 is 11.1 Å². The molecule has 2 heterocycles. The maximum atomic E-state index is 12.3. The highest BCUT2D eigenvalue weighted by Gasteiger charge is 2.14. The molecule has 0 aliphatic rings. The second-order valence-corrected chi connectivity index (χ2v) is 7.68. The number of carbonyl (C=O) groups excluding carboxylic acids is 1. The molecule has 0 spiro atoms. The van der Waals surface area contributed by atoms with Gasteiger partial charge < -0.3 is 19.4 Å². The maximum Gasteiger partial charge on any atom is 0.316 e. The number of nitrogens with one attached hydrogen (secondary N) is 2. The van der Waals surface area contributed by atoms with Crippen LogP contribution in [0.4, 0.5) is 5.69 Å². The molecule has 0 aliphatic heterocycles. The minimum atomic E-state index is -0.668. The van der Waals surface area contributed by atoms with Crippen molar-refractivity contribution in [2.24, 2.45) is 5.92 Å². The van der Waals surface area contributed by atoms with Crippen LogP contribution < -0.4 is 16.4 Å². The number of aromatic amines is 1. The SMILES string of the molecule is CC(=O)Nc1ccc(-c2nc(-c3ccc4c(c3)[nH]c(=O)c(=O)n4CC(C)C)no2)cc1. The summed E-state index contributed by atoms with van der Waals surface area (Å²) in [4.78, 5) is 42.6. The Morgan fingerprint density at radius 2 is 1.84 bits per heavy atom. The fourth-order valence-electron chi connectivity index (χ4n) is 3.32. The fraction of sp³-hybridized carbons (Fsp3) is 0.227. The third-order valence-corrected chi connectivity index (χ3v) is 4.66. The third-order valence-electron chi connectivity index (χ3n) is 4.66. The van der Waals surface area contributed by atoms with Crippen LogP contribution in [-0.2, 0) is 11.3 Å². The predicted molar refractivity (Wildman–Crippen MR) is 117 cm³/mol. The number of nitrogens with zero attached hydrogens (tertiary/aromatic N) is 3. The monoisotopic (exact) mass is 419 g/mol. The molecule has 4 aromatic rings. The second-order valence-electron chi connectivity index (χ2n) is 7.68. The van der Waals surface area contributed by atoms with Gasteiger partial charge in [0.05, 0.1) is 11.0 Å². The lowest BCUT2D eigenvalue weighted by molar-refractivity contribution is -0.114. The molecule has 0 atom stereocenters. The van der Waals surface area contributed by atoms with E-state index in [4.69, 9.17) is 4.52 Å². The fourth-order valence-corrected chi connectivity index (χ4v) is 3.32. The van der Waals surface area contributed by atoms with Gasteiger partial charge in [0.15, 0.2) is 0 Å². The lowest BCUT2D eigenvalue weighted by Crippen LogP contribution is -2.37. The Bertz CT molecular complexity index is 1380. The van der Waals surface area contributed by atoms with Gasteiger partial charge in [0.25, 0.3) is 5.89 Å². The largest absolute Gasteiger partial charge is 0.334 e. The summed E-state index contributed by atoms with van der Waals surface area (Å²) in [5.41, 5.74) is 1.93. The molecule has 0 unspecified atom stereocenters. The summed E-state index contributed by atoms with van der Waals surface area (Å²) in [6.45, 7) is 5.85. The molecule has 1 amide bonds. The zero-order valence-corrected chi connectivity index (χ0v) is 17.3. The number of hydrogen-bond acceptors (Lipinski definition) is 6. The summed E-state index contributed by atoms with van der Waals surface area (Å²) in [7, 11) is 0. The first-order valence-corrected chi connectivity index (χ1v) is 9.81. The van der Waals surface area contributed by atoms with E-state index in [0.29, 0.717) is 46.1 Å². The summed E-state index contributed by atoms with van der Waals surface area (Å²) in [6.07, 6.45) is 0. The standard InChI is InChI=1S/C22H21N5O4/c1-12(2)11-27-18-9-6-15(10-17(18)24-20(29)22(27)30)19-25-21(31-26-19)14-4-7-16(8-5-14)23-13(3)28/h4-10,12H,11H2,1-3H3,(H,23,28)(H,24,29). The molecule has 0 radical (unpaired) electrons. The van der Waals surface area contributed by atoms with Gasteiger partial charge in [0, 0.05) is 30.3 Å². The van der Waals surface area contributed by atoms with Gasteiger partial charge in [-0.2, -0.15) is 4.98 Å². The zero-order valence-electron chi connectivity index (χ0n) is 17.3. The quantitative estimate of drug-likeness (QED) is 0.479. The van der Waals surface area contributed by atoms with Crippen LogP contribution in [-0.4, -0.2) is 25.6 Å². The number of aromatic nitrogens is 4. The number of carbonyl (C=O) groups is 1. The lowest BCUT2D eigenvalue weighted by Gasteiger charge is -2.12. The van der Waals surface area contributed by atoms with Crippen LogP contribution in [0.5, 0.6) is 0 Å². The van der Waals surface area contributed by atoms with Crippen LogP contribution in [0.3, 0.4) is 0 Å². The van der Waals surface area contributed by atoms with Gasteiger partial charge in [-0.3, -0.25) is 14.4 Å². The average molecular weight is 419 g/mol. The summed E-state index contributed by atoms with van der Waals surface area (Å²) in [5, 5.41) is 6.73. The van der Waals surface area contributed by atoms with Gasteiger partial charge >= 0.3 is 11.1 Å². The second kappa shape index (κ2) is 8.02. The first kappa shape index (κ1) is 20.3. The number of hydrogen-bond donors (Lipinski definition) is 2. The summed E-state index contributed by atoms with van der Waals surface area (Å²) in [6, 6.07) is 12.3. The van der Waals surface area contributed by atoms with Crippen molar-refractivity contribution in [3.63, 3.8) is 0 Å². The van der Waals surface area contributed by atoms with Crippen LogP contribution >= 0.6 is 0 Å². The number of anilines is 1. The summed E-state index contributed by atoms with van der Waals surface area (Å²) in [5.74, 6) is 0.730. The van der Waals surface area contributed by atoms with E-state index in [0.717, 1.165) is 0 Å². The van der Waals surface area contributed by atoms with E-state index in [1.807, 2.05) is 13.8 Å². The normalized spacial score (nSPS) is 11.2. The highest BCUT2D eigenvalue weighted by atomic mass is 16.5. The van der Waals surface area contributed by atoms with Crippen molar-refractivity contribution in [1.82, 2.24) is 19.7 Å². The molecule has 9 heteroatoms. The van der Waals surface area contributed by atoms with E-state index in [1.54, 1.807) is 42.5 Å². The molecule has 0 fully saturated rings. The molecule has 0 aliphatic carbocycles. The highest BCUT2D eigenvalue weighted by molar-refractivity contribution is 5.88. The summed E-state index contributed by atoms with van der Waals surface area (Å²) >= 11 is 0. The molecule has 0 saturated heterocycles. The van der Waals surface area contributed by atoms with Gasteiger partial charge in [-0.05, 0) is 48.4 Å². The third kappa shape index (κ3) is 4.16. The van der Waals surface area contributed by atoms with Crippen LogP contribution in [0.25, 0.3) is 33.9 Å². The first-order valence-electron chi connectivity index (χ1n) is 9.81.